The van der Waals surface area contributed by atoms with Crippen LogP contribution in [0.25, 0.3) is 0 Å². The molecule has 1 aliphatic heterocycles. The van der Waals surface area contributed by atoms with Crippen molar-refractivity contribution in [3.63, 3.8) is 0 Å². The van der Waals surface area contributed by atoms with Crippen molar-refractivity contribution in [1.29, 1.82) is 0 Å². The van der Waals surface area contributed by atoms with Crippen LogP contribution < -0.4 is 4.74 Å². The molecule has 0 N–H and O–H groups in total. The number of nitrogens with zero attached hydrogens (tertiary/aromatic N) is 3. The molecule has 2 atom stereocenters. The van der Waals surface area contributed by atoms with E-state index >= 15 is 0 Å². The molecular formula is C15H22ClN3O4. The van der Waals surface area contributed by atoms with E-state index in [2.05, 4.69) is 9.97 Å². The topological polar surface area (TPSA) is 73.8 Å². The maximum Gasteiger partial charge on any atom is 0.410 e. The third-order valence-electron chi connectivity index (χ3n) is 3.17. The van der Waals surface area contributed by atoms with Crippen molar-refractivity contribution in [3.05, 3.63) is 17.7 Å². The van der Waals surface area contributed by atoms with E-state index in [1.54, 1.807) is 4.90 Å². The summed E-state index contributed by atoms with van der Waals surface area (Å²) in [5, 5.41) is 0.163. The molecule has 1 aromatic rings. The highest BCUT2D eigenvalue weighted by Crippen LogP contribution is 2.18. The Balaban J connectivity index is 1.89. The van der Waals surface area contributed by atoms with Crippen molar-refractivity contribution in [2.75, 3.05) is 19.8 Å². The number of rotatable bonds is 3. The molecule has 0 aliphatic carbocycles. The summed E-state index contributed by atoms with van der Waals surface area (Å²) < 4.78 is 16.7. The summed E-state index contributed by atoms with van der Waals surface area (Å²) in [6.07, 6.45) is 2.40. The summed E-state index contributed by atoms with van der Waals surface area (Å²) in [6, 6.07) is -0.0417. The van der Waals surface area contributed by atoms with Crippen LogP contribution in [0.2, 0.25) is 5.28 Å². The number of hydrogen-bond acceptors (Lipinski definition) is 6. The minimum Gasteiger partial charge on any atom is -0.488 e. The molecule has 2 rings (SSSR count). The number of aromatic nitrogens is 2. The highest BCUT2D eigenvalue weighted by atomic mass is 35.5. The van der Waals surface area contributed by atoms with Crippen LogP contribution >= 0.6 is 11.6 Å². The average Bonchev–Trinajstić information content (AvgIpc) is 2.46. The van der Waals surface area contributed by atoms with Gasteiger partial charge in [-0.1, -0.05) is 0 Å². The molecule has 7 nitrogen and oxygen atoms in total. The van der Waals surface area contributed by atoms with Crippen LogP contribution in [0, 0.1) is 0 Å². The molecule has 1 aliphatic rings. The lowest BCUT2D eigenvalue weighted by Gasteiger charge is -2.38. The van der Waals surface area contributed by atoms with Gasteiger partial charge in [0.1, 0.15) is 18.3 Å². The van der Waals surface area contributed by atoms with E-state index in [9.17, 15) is 4.79 Å². The molecule has 1 fully saturated rings. The van der Waals surface area contributed by atoms with Crippen LogP contribution in [0.3, 0.4) is 0 Å². The SMILES string of the molecule is C[C@@H]1CO[C@@H](COc2cnc(Cl)nc2)CN1C(=O)OC(C)(C)C. The highest BCUT2D eigenvalue weighted by molar-refractivity contribution is 6.28. The molecule has 1 aromatic heterocycles. The van der Waals surface area contributed by atoms with E-state index < -0.39 is 5.60 Å². The van der Waals surface area contributed by atoms with E-state index in [1.165, 1.54) is 12.4 Å². The third kappa shape index (κ3) is 5.51. The summed E-state index contributed by atoms with van der Waals surface area (Å²) in [5.74, 6) is 0.500. The molecule has 0 aromatic carbocycles. The first-order valence-electron chi connectivity index (χ1n) is 7.46. The second kappa shape index (κ2) is 7.31. The van der Waals surface area contributed by atoms with Gasteiger partial charge < -0.3 is 19.1 Å². The van der Waals surface area contributed by atoms with Crippen molar-refractivity contribution in [3.8, 4) is 5.75 Å². The average molecular weight is 344 g/mol. The Labute approximate surface area is 140 Å². The second-order valence-corrected chi connectivity index (χ2v) is 6.77. The lowest BCUT2D eigenvalue weighted by Crippen LogP contribution is -2.53. The number of amides is 1. The van der Waals surface area contributed by atoms with Gasteiger partial charge >= 0.3 is 6.09 Å². The van der Waals surface area contributed by atoms with E-state index in [0.717, 1.165) is 0 Å². The first kappa shape index (κ1) is 17.7. The Bertz CT molecular complexity index is 533. The van der Waals surface area contributed by atoms with Crippen LogP contribution in [-0.2, 0) is 9.47 Å². The van der Waals surface area contributed by atoms with Gasteiger partial charge in [-0.2, -0.15) is 0 Å². The summed E-state index contributed by atoms with van der Waals surface area (Å²) in [6.45, 7) is 8.59. The fourth-order valence-electron chi connectivity index (χ4n) is 2.06. The number of halogens is 1. The van der Waals surface area contributed by atoms with Crippen LogP contribution in [0.15, 0.2) is 12.4 Å². The smallest absolute Gasteiger partial charge is 0.410 e. The molecule has 2 heterocycles. The van der Waals surface area contributed by atoms with Crippen molar-refractivity contribution in [2.45, 2.75) is 45.4 Å². The number of carbonyl (C=O) groups is 1. The number of carbonyl (C=O) groups excluding carboxylic acids is 1. The molecular weight excluding hydrogens is 322 g/mol. The van der Waals surface area contributed by atoms with E-state index in [-0.39, 0.29) is 30.1 Å². The van der Waals surface area contributed by atoms with Crippen LogP contribution in [0.1, 0.15) is 27.7 Å². The first-order valence-corrected chi connectivity index (χ1v) is 7.84. The van der Waals surface area contributed by atoms with Crippen molar-refractivity contribution < 1.29 is 19.0 Å². The summed E-state index contributed by atoms with van der Waals surface area (Å²) in [7, 11) is 0. The Kier molecular flexibility index (Phi) is 5.64. The zero-order valence-corrected chi connectivity index (χ0v) is 14.5. The molecule has 1 saturated heterocycles. The molecule has 0 saturated carbocycles. The van der Waals surface area contributed by atoms with Gasteiger partial charge in [-0.3, -0.25) is 0 Å². The number of hydrogen-bond donors (Lipinski definition) is 0. The molecule has 0 radical (unpaired) electrons. The Morgan fingerprint density at radius 3 is 2.70 bits per heavy atom. The largest absolute Gasteiger partial charge is 0.488 e. The predicted molar refractivity (Wildman–Crippen MR) is 84.7 cm³/mol. The molecule has 128 valence electrons. The lowest BCUT2D eigenvalue weighted by molar-refractivity contribution is -0.0775. The Hall–Kier alpha value is -1.60. The maximum atomic E-state index is 12.3. The monoisotopic (exact) mass is 343 g/mol. The molecule has 0 spiro atoms. The zero-order chi connectivity index (χ0) is 17.0. The zero-order valence-electron chi connectivity index (χ0n) is 13.8. The number of ether oxygens (including phenoxy) is 3. The fourth-order valence-corrected chi connectivity index (χ4v) is 2.15. The van der Waals surface area contributed by atoms with Crippen LogP contribution in [0.5, 0.6) is 5.75 Å². The minimum atomic E-state index is -0.526. The Morgan fingerprint density at radius 1 is 1.43 bits per heavy atom. The fraction of sp³-hybridized carbons (Fsp3) is 0.667. The minimum absolute atomic E-state index is 0.0417. The third-order valence-corrected chi connectivity index (χ3v) is 3.36. The van der Waals surface area contributed by atoms with Gasteiger partial charge in [0.05, 0.1) is 31.6 Å². The van der Waals surface area contributed by atoms with Gasteiger partial charge in [0, 0.05) is 0 Å². The normalized spacial score (nSPS) is 21.9. The Morgan fingerprint density at radius 2 is 2.09 bits per heavy atom. The molecule has 0 bridgehead atoms. The highest BCUT2D eigenvalue weighted by Gasteiger charge is 2.33. The quantitative estimate of drug-likeness (QED) is 0.785. The summed E-state index contributed by atoms with van der Waals surface area (Å²) in [5.41, 5.74) is -0.526. The lowest BCUT2D eigenvalue weighted by atomic mass is 10.2. The maximum absolute atomic E-state index is 12.3. The van der Waals surface area contributed by atoms with Gasteiger partial charge in [0.25, 0.3) is 0 Å². The molecule has 0 unspecified atom stereocenters. The van der Waals surface area contributed by atoms with Crippen molar-refractivity contribution in [2.24, 2.45) is 0 Å². The van der Waals surface area contributed by atoms with E-state index in [4.69, 9.17) is 25.8 Å². The van der Waals surface area contributed by atoms with Gasteiger partial charge in [-0.25, -0.2) is 14.8 Å². The summed E-state index contributed by atoms with van der Waals surface area (Å²) in [4.78, 5) is 21.6. The molecule has 23 heavy (non-hydrogen) atoms. The first-order chi connectivity index (χ1) is 10.7. The summed E-state index contributed by atoms with van der Waals surface area (Å²) >= 11 is 5.62. The van der Waals surface area contributed by atoms with Gasteiger partial charge in [-0.15, -0.1) is 0 Å². The standard InChI is InChI=1S/C15H22ClN3O4/c1-10-8-21-12(7-19(10)14(20)23-15(2,3)4)9-22-11-5-17-13(16)18-6-11/h5-6,10,12H,7-9H2,1-4H3/t10-,12-/m1/s1. The van der Waals surface area contributed by atoms with Gasteiger partial charge in [0.2, 0.25) is 5.28 Å². The van der Waals surface area contributed by atoms with Crippen molar-refractivity contribution in [1.82, 2.24) is 14.9 Å². The second-order valence-electron chi connectivity index (χ2n) is 6.44. The van der Waals surface area contributed by atoms with E-state index in [1.807, 2.05) is 27.7 Å². The van der Waals surface area contributed by atoms with E-state index in [0.29, 0.717) is 18.9 Å². The van der Waals surface area contributed by atoms with Crippen LogP contribution in [0.4, 0.5) is 4.79 Å². The van der Waals surface area contributed by atoms with Gasteiger partial charge in [-0.05, 0) is 39.3 Å². The molecule has 1 amide bonds. The van der Waals surface area contributed by atoms with Crippen molar-refractivity contribution >= 4 is 17.7 Å². The van der Waals surface area contributed by atoms with Gasteiger partial charge in [0.15, 0.2) is 5.75 Å². The molecule has 8 heteroatoms. The van der Waals surface area contributed by atoms with Crippen LogP contribution in [-0.4, -0.2) is 58.5 Å². The number of morpholine rings is 1. The predicted octanol–water partition coefficient (Wildman–Crippen LogP) is 2.53.